The van der Waals surface area contributed by atoms with E-state index in [4.69, 9.17) is 3.07 Å². The van der Waals surface area contributed by atoms with Crippen LogP contribution < -0.4 is 0 Å². The van der Waals surface area contributed by atoms with Crippen molar-refractivity contribution in [1.29, 1.82) is 0 Å². The normalized spacial score (nSPS) is 16.8. The number of rotatable bonds is 13. The molecule has 22 heavy (non-hydrogen) atoms. The van der Waals surface area contributed by atoms with Gasteiger partial charge in [-0.05, 0) is 0 Å². The van der Waals surface area contributed by atoms with E-state index in [0.29, 0.717) is 10.9 Å². The van der Waals surface area contributed by atoms with Crippen LogP contribution in [0.1, 0.15) is 6.42 Å². The Morgan fingerprint density at radius 1 is 0.773 bits per heavy atom. The van der Waals surface area contributed by atoms with E-state index in [1.165, 1.54) is 0 Å². The number of hydrogen-bond donors (Lipinski definition) is 0. The van der Waals surface area contributed by atoms with Gasteiger partial charge in [0.05, 0.1) is 0 Å². The first-order valence-corrected chi connectivity index (χ1v) is 16.6. The second-order valence-corrected chi connectivity index (χ2v) is 18.6. The predicted molar refractivity (Wildman–Crippen MR) is 87.3 cm³/mol. The van der Waals surface area contributed by atoms with Crippen molar-refractivity contribution in [3.05, 3.63) is 50.6 Å². The molecule has 0 bridgehead atoms. The van der Waals surface area contributed by atoms with Gasteiger partial charge in [-0.1, -0.05) is 0 Å². The van der Waals surface area contributed by atoms with E-state index in [-0.39, 0.29) is 6.61 Å². The standard InChI is InChI=1S/4C3H4F.C3H6O.2Sn/c5*1-2-3-4;;/h4*2-3H,1H2;1-3H2;;/q;;;;-1;;+1. The van der Waals surface area contributed by atoms with Gasteiger partial charge in [0.15, 0.2) is 0 Å². The van der Waals surface area contributed by atoms with E-state index in [0.717, 1.165) is 24.3 Å². The van der Waals surface area contributed by atoms with E-state index >= 15 is 0 Å². The topological polar surface area (TPSA) is 9.23 Å². The molecule has 0 aromatic rings. The first kappa shape index (κ1) is 22.2. The minimum atomic E-state index is -3.45. The molecule has 0 fully saturated rings. The molecule has 2 radical (unpaired) electrons. The molecule has 0 heterocycles. The summed E-state index contributed by atoms with van der Waals surface area (Å²) in [7, 11) is 0. The summed E-state index contributed by atoms with van der Waals surface area (Å²) in [6, 6.07) is 0. The SMILES string of the molecule is C=C[CH](F)[Sn]([CH2]CC[O][Sn]([CH](F)C=C)[CH](F)C=C)[CH](F)C=C. The second kappa shape index (κ2) is 12.6. The molecular formula is C15H22F4OSn2. The molecule has 0 rings (SSSR count). The van der Waals surface area contributed by atoms with Crippen molar-refractivity contribution in [3.63, 3.8) is 0 Å². The van der Waals surface area contributed by atoms with Gasteiger partial charge in [-0.25, -0.2) is 0 Å². The summed E-state index contributed by atoms with van der Waals surface area (Å²) in [5.74, 6) is 0. The van der Waals surface area contributed by atoms with Crippen LogP contribution in [0.5, 0.6) is 0 Å². The van der Waals surface area contributed by atoms with Gasteiger partial charge in [-0.3, -0.25) is 0 Å². The van der Waals surface area contributed by atoms with Gasteiger partial charge in [0.25, 0.3) is 0 Å². The zero-order valence-electron chi connectivity index (χ0n) is 12.5. The van der Waals surface area contributed by atoms with Crippen molar-refractivity contribution < 1.29 is 20.6 Å². The van der Waals surface area contributed by atoms with Gasteiger partial charge in [0.2, 0.25) is 0 Å². The minimum absolute atomic E-state index is 0.106. The first-order valence-electron chi connectivity index (χ1n) is 6.84. The molecule has 0 amide bonds. The van der Waals surface area contributed by atoms with Crippen molar-refractivity contribution in [3.8, 4) is 0 Å². The molecule has 124 valence electrons. The average molecular weight is 532 g/mol. The Bertz CT molecular complexity index is 305. The van der Waals surface area contributed by atoms with Crippen molar-refractivity contribution in [2.24, 2.45) is 0 Å². The van der Waals surface area contributed by atoms with E-state index in [1.807, 2.05) is 0 Å². The number of halogens is 4. The summed E-state index contributed by atoms with van der Waals surface area (Å²) in [6.07, 6.45) is 4.71. The second-order valence-electron chi connectivity index (χ2n) is 4.48. The summed E-state index contributed by atoms with van der Waals surface area (Å²) in [6.45, 7) is 13.4. The quantitative estimate of drug-likeness (QED) is 0.150. The zero-order valence-corrected chi connectivity index (χ0v) is 18.2. The molecule has 0 aliphatic rings. The Kier molecular flexibility index (Phi) is 12.8. The fourth-order valence-electron chi connectivity index (χ4n) is 1.74. The molecule has 0 saturated heterocycles. The van der Waals surface area contributed by atoms with Crippen LogP contribution in [-0.2, 0) is 3.07 Å². The fourth-order valence-corrected chi connectivity index (χ4v) is 11.7. The number of allylic oxidation sites excluding steroid dienone is 4. The molecule has 4 atom stereocenters. The van der Waals surface area contributed by atoms with Crippen molar-refractivity contribution in [2.45, 2.75) is 27.6 Å². The van der Waals surface area contributed by atoms with Gasteiger partial charge >= 0.3 is 145 Å². The van der Waals surface area contributed by atoms with E-state index in [2.05, 4.69) is 26.3 Å². The van der Waals surface area contributed by atoms with Crippen molar-refractivity contribution >= 4 is 39.9 Å². The van der Waals surface area contributed by atoms with Crippen LogP contribution in [-0.4, -0.2) is 63.3 Å². The van der Waals surface area contributed by atoms with Gasteiger partial charge < -0.3 is 0 Å². The molecule has 4 unspecified atom stereocenters. The Balaban J connectivity index is 4.46. The summed E-state index contributed by atoms with van der Waals surface area (Å²) >= 11 is -6.47. The number of hydrogen-bond acceptors (Lipinski definition) is 1. The van der Waals surface area contributed by atoms with Gasteiger partial charge in [0.1, 0.15) is 0 Å². The van der Waals surface area contributed by atoms with Crippen LogP contribution in [0.15, 0.2) is 50.6 Å². The molecule has 0 aliphatic heterocycles. The fraction of sp³-hybridized carbons (Fsp3) is 0.467. The van der Waals surface area contributed by atoms with Crippen molar-refractivity contribution in [1.82, 2.24) is 0 Å². The molecule has 0 aromatic heterocycles. The van der Waals surface area contributed by atoms with E-state index in [9.17, 15) is 17.6 Å². The average Bonchev–Trinajstić information content (AvgIpc) is 2.55. The molecule has 0 N–H and O–H groups in total. The summed E-state index contributed by atoms with van der Waals surface area (Å²) in [4.78, 5) is 0. The molecule has 0 aliphatic carbocycles. The molecule has 0 spiro atoms. The summed E-state index contributed by atoms with van der Waals surface area (Å²) in [5, 5.41) is 0. The Hall–Kier alpha value is 0.237. The van der Waals surface area contributed by atoms with Gasteiger partial charge in [0, 0.05) is 0 Å². The van der Waals surface area contributed by atoms with E-state index in [1.54, 1.807) is 0 Å². The third-order valence-corrected chi connectivity index (χ3v) is 17.0. The maximum atomic E-state index is 13.7. The van der Waals surface area contributed by atoms with Crippen LogP contribution in [0.2, 0.25) is 4.44 Å². The predicted octanol–water partition coefficient (Wildman–Crippen LogP) is 4.13. The van der Waals surface area contributed by atoms with Crippen LogP contribution in [0.3, 0.4) is 0 Å². The molecule has 7 heteroatoms. The Labute approximate surface area is 144 Å². The maximum absolute atomic E-state index is 13.7. The Morgan fingerprint density at radius 3 is 1.55 bits per heavy atom. The molecule has 1 nitrogen and oxygen atoms in total. The van der Waals surface area contributed by atoms with Crippen LogP contribution in [0.25, 0.3) is 0 Å². The number of alkyl halides is 4. The zero-order chi connectivity index (χ0) is 17.1. The van der Waals surface area contributed by atoms with Crippen LogP contribution in [0, 0.1) is 0 Å². The third-order valence-electron chi connectivity index (χ3n) is 2.96. The first-order chi connectivity index (χ1) is 10.4. The van der Waals surface area contributed by atoms with Crippen LogP contribution in [0.4, 0.5) is 17.6 Å². The van der Waals surface area contributed by atoms with Gasteiger partial charge in [-0.15, -0.1) is 0 Å². The van der Waals surface area contributed by atoms with Crippen LogP contribution >= 0.6 is 0 Å². The molecular weight excluding hydrogens is 510 g/mol. The third kappa shape index (κ3) is 7.68. The van der Waals surface area contributed by atoms with Crippen molar-refractivity contribution in [2.75, 3.05) is 6.61 Å². The molecule has 0 aromatic carbocycles. The van der Waals surface area contributed by atoms with Gasteiger partial charge in [-0.2, -0.15) is 0 Å². The Morgan fingerprint density at radius 2 is 1.18 bits per heavy atom. The van der Waals surface area contributed by atoms with E-state index < -0.39 is 56.7 Å². The summed E-state index contributed by atoms with van der Waals surface area (Å²) in [5.41, 5.74) is 0. The molecule has 0 saturated carbocycles. The monoisotopic (exact) mass is 534 g/mol. The summed E-state index contributed by atoms with van der Waals surface area (Å²) < 4.78 is 54.8.